The fraction of sp³-hybridized carbons (Fsp3) is 0.548. The summed E-state index contributed by atoms with van der Waals surface area (Å²) in [7, 11) is 0. The summed E-state index contributed by atoms with van der Waals surface area (Å²) < 4.78 is 5.88. The van der Waals surface area contributed by atoms with E-state index in [4.69, 9.17) is 4.74 Å². The van der Waals surface area contributed by atoms with Crippen LogP contribution in [-0.2, 0) is 25.7 Å². The monoisotopic (exact) mass is 745 g/mol. The zero-order valence-electron chi connectivity index (χ0n) is 32.3. The van der Waals surface area contributed by atoms with Crippen molar-refractivity contribution in [2.75, 3.05) is 6.61 Å². The fourth-order valence-corrected chi connectivity index (χ4v) is 7.14. The van der Waals surface area contributed by atoms with Crippen LogP contribution in [0.1, 0.15) is 85.3 Å². The van der Waals surface area contributed by atoms with E-state index in [1.165, 1.54) is 6.92 Å². The van der Waals surface area contributed by atoms with Gasteiger partial charge in [0.15, 0.2) is 6.61 Å². The molecule has 3 aromatic rings. The van der Waals surface area contributed by atoms with Crippen LogP contribution < -0.4 is 26.0 Å². The second-order valence-electron chi connectivity index (χ2n) is 15.3. The van der Waals surface area contributed by atoms with E-state index in [0.717, 1.165) is 42.9 Å². The molecule has 1 aliphatic rings. The number of aromatic nitrogens is 1. The maximum atomic E-state index is 13.9. The first-order chi connectivity index (χ1) is 25.8. The van der Waals surface area contributed by atoms with Gasteiger partial charge in [-0.1, -0.05) is 102 Å². The van der Waals surface area contributed by atoms with E-state index < -0.39 is 59.9 Å². The molecule has 0 aliphatic heterocycles. The smallest absolute Gasteiger partial charge is 0.258 e. The Morgan fingerprint density at radius 2 is 1.48 bits per heavy atom. The predicted octanol–water partition coefficient (Wildman–Crippen LogP) is 4.41. The van der Waals surface area contributed by atoms with Crippen molar-refractivity contribution < 1.29 is 34.1 Å². The number of benzene rings is 2. The minimum Gasteiger partial charge on any atom is -0.483 e. The zero-order valence-corrected chi connectivity index (χ0v) is 32.3. The van der Waals surface area contributed by atoms with E-state index in [9.17, 15) is 29.4 Å². The Kier molecular flexibility index (Phi) is 16.2. The molecule has 54 heavy (non-hydrogen) atoms. The molecule has 1 aliphatic carbocycles. The van der Waals surface area contributed by atoms with Crippen LogP contribution in [-0.4, -0.2) is 75.8 Å². The van der Waals surface area contributed by atoms with Gasteiger partial charge >= 0.3 is 0 Å². The maximum Gasteiger partial charge on any atom is 0.258 e. The van der Waals surface area contributed by atoms with Crippen molar-refractivity contribution in [2.24, 2.45) is 23.7 Å². The molecule has 6 atom stereocenters. The minimum atomic E-state index is -1.22. The molecule has 6 N–H and O–H groups in total. The number of carbonyl (C=O) groups is 4. The number of hydrogen-bond donors (Lipinski definition) is 6. The number of fused-ring (bicyclic) bond motifs is 1. The maximum absolute atomic E-state index is 13.9. The van der Waals surface area contributed by atoms with E-state index in [-0.39, 0.29) is 37.3 Å². The van der Waals surface area contributed by atoms with Crippen molar-refractivity contribution >= 4 is 34.4 Å². The number of ether oxygens (including phenoxy) is 1. The lowest BCUT2D eigenvalue weighted by Crippen LogP contribution is -2.56. The first-order valence-corrected chi connectivity index (χ1v) is 19.4. The highest BCUT2D eigenvalue weighted by molar-refractivity contribution is 5.91. The molecule has 0 spiro atoms. The van der Waals surface area contributed by atoms with Crippen molar-refractivity contribution in [1.82, 2.24) is 26.3 Å². The minimum absolute atomic E-state index is 0.0147. The number of rotatable bonds is 19. The van der Waals surface area contributed by atoms with Gasteiger partial charge in [0.1, 0.15) is 17.8 Å². The molecule has 1 fully saturated rings. The van der Waals surface area contributed by atoms with Crippen molar-refractivity contribution in [3.63, 3.8) is 0 Å². The standard InChI is InChI=1S/C42H59N5O7/c1-26(2)33(40(51)47-39(28(5)48)41(52)44-24-31-18-11-12-21-43-31)23-35(49)34(22-29-14-7-6-8-15-29)45-42(53)38(27(3)4)46-37(50)25-54-36-20-13-17-30-16-9-10-19-32(30)36/h9-13,16-21,26-29,33-35,38-39,48-49H,6-8,14-15,22-25H2,1-5H3,(H,44,52)(H,45,53)(H,46,50)(H,47,51)/t28?,33-,34?,35-,38-,39-/m0/s1. The van der Waals surface area contributed by atoms with Crippen LogP contribution in [0.3, 0.4) is 0 Å². The first kappa shape index (κ1) is 42.2. The normalized spacial score (nSPS) is 16.8. The number of nitrogens with zero attached hydrogens (tertiary/aromatic N) is 1. The molecule has 1 heterocycles. The summed E-state index contributed by atoms with van der Waals surface area (Å²) in [6.07, 6.45) is 5.11. The van der Waals surface area contributed by atoms with E-state index in [1.54, 1.807) is 30.5 Å². The van der Waals surface area contributed by atoms with Crippen LogP contribution in [0.15, 0.2) is 66.9 Å². The lowest BCUT2D eigenvalue weighted by atomic mass is 9.81. The Balaban J connectivity index is 1.43. The van der Waals surface area contributed by atoms with Gasteiger partial charge in [0.2, 0.25) is 17.7 Å². The summed E-state index contributed by atoms with van der Waals surface area (Å²) >= 11 is 0. The van der Waals surface area contributed by atoms with Gasteiger partial charge in [0.25, 0.3) is 5.91 Å². The average Bonchev–Trinajstić information content (AvgIpc) is 3.16. The van der Waals surface area contributed by atoms with Crippen molar-refractivity contribution in [3.05, 3.63) is 72.6 Å². The van der Waals surface area contributed by atoms with Gasteiger partial charge in [-0.2, -0.15) is 0 Å². The topological polar surface area (TPSA) is 179 Å². The molecule has 4 amide bonds. The van der Waals surface area contributed by atoms with Crippen LogP contribution in [0, 0.1) is 23.7 Å². The van der Waals surface area contributed by atoms with Crippen LogP contribution in [0.4, 0.5) is 0 Å². The van der Waals surface area contributed by atoms with Crippen molar-refractivity contribution in [2.45, 2.75) is 116 Å². The van der Waals surface area contributed by atoms with Crippen LogP contribution in [0.25, 0.3) is 10.8 Å². The van der Waals surface area contributed by atoms with Gasteiger partial charge in [-0.3, -0.25) is 24.2 Å². The van der Waals surface area contributed by atoms with Gasteiger partial charge in [-0.05, 0) is 61.1 Å². The number of aliphatic hydroxyl groups excluding tert-OH is 2. The summed E-state index contributed by atoms with van der Waals surface area (Å²) in [6, 6.07) is 15.9. The number of nitrogens with one attached hydrogen (secondary N) is 4. The fourth-order valence-electron chi connectivity index (χ4n) is 7.14. The van der Waals surface area contributed by atoms with Crippen LogP contribution >= 0.6 is 0 Å². The molecule has 12 nitrogen and oxygen atoms in total. The van der Waals surface area contributed by atoms with E-state index in [1.807, 2.05) is 64.1 Å². The third kappa shape index (κ3) is 12.5. The molecule has 4 rings (SSSR count). The lowest BCUT2D eigenvalue weighted by Gasteiger charge is -2.34. The third-order valence-corrected chi connectivity index (χ3v) is 10.3. The summed E-state index contributed by atoms with van der Waals surface area (Å²) in [6.45, 7) is 8.67. The largest absolute Gasteiger partial charge is 0.483 e. The first-order valence-electron chi connectivity index (χ1n) is 19.4. The summed E-state index contributed by atoms with van der Waals surface area (Å²) in [5.74, 6) is -2.30. The Morgan fingerprint density at radius 1 is 0.778 bits per heavy atom. The summed E-state index contributed by atoms with van der Waals surface area (Å²) in [5.41, 5.74) is 0.629. The third-order valence-electron chi connectivity index (χ3n) is 10.3. The highest BCUT2D eigenvalue weighted by Crippen LogP contribution is 2.30. The lowest BCUT2D eigenvalue weighted by molar-refractivity contribution is -0.135. The van der Waals surface area contributed by atoms with Gasteiger partial charge in [0.05, 0.1) is 30.5 Å². The Labute approximate surface area is 319 Å². The number of pyridine rings is 1. The highest BCUT2D eigenvalue weighted by atomic mass is 16.5. The Bertz CT molecular complexity index is 1660. The summed E-state index contributed by atoms with van der Waals surface area (Å²) in [4.78, 5) is 58.0. The number of aliphatic hydroxyl groups is 2. The Hall–Kier alpha value is -4.55. The van der Waals surface area contributed by atoms with Crippen molar-refractivity contribution in [3.8, 4) is 5.75 Å². The Morgan fingerprint density at radius 3 is 2.15 bits per heavy atom. The molecular formula is C42H59N5O7. The SMILES string of the molecule is CC(C)[C@H](C[C@H](O)C(CC1CCCCC1)NC(=O)[C@@H](NC(=O)COc1cccc2ccccc12)C(C)C)C(=O)N[C@H](C(=O)NCc1ccccn1)C(C)O. The predicted molar refractivity (Wildman–Crippen MR) is 208 cm³/mol. The number of carbonyl (C=O) groups excluding carboxylic acids is 4. The number of amides is 4. The summed E-state index contributed by atoms with van der Waals surface area (Å²) in [5, 5.41) is 35.4. The molecule has 12 heteroatoms. The molecule has 0 radical (unpaired) electrons. The van der Waals surface area contributed by atoms with E-state index in [2.05, 4.69) is 26.3 Å². The van der Waals surface area contributed by atoms with Crippen molar-refractivity contribution in [1.29, 1.82) is 0 Å². The van der Waals surface area contributed by atoms with E-state index in [0.29, 0.717) is 17.9 Å². The molecular weight excluding hydrogens is 686 g/mol. The average molecular weight is 746 g/mol. The van der Waals surface area contributed by atoms with Gasteiger partial charge < -0.3 is 36.2 Å². The molecule has 1 aromatic heterocycles. The molecule has 2 aromatic carbocycles. The van der Waals surface area contributed by atoms with E-state index >= 15 is 0 Å². The molecule has 294 valence electrons. The highest BCUT2D eigenvalue weighted by Gasteiger charge is 2.36. The second-order valence-corrected chi connectivity index (χ2v) is 15.3. The molecule has 2 unspecified atom stereocenters. The quantitative estimate of drug-likeness (QED) is 0.104. The molecule has 0 bridgehead atoms. The van der Waals surface area contributed by atoms with Crippen LogP contribution in [0.5, 0.6) is 5.75 Å². The molecule has 0 saturated heterocycles. The second kappa shape index (κ2) is 20.8. The van der Waals surface area contributed by atoms with Gasteiger partial charge in [0, 0.05) is 17.5 Å². The van der Waals surface area contributed by atoms with Gasteiger partial charge in [-0.25, -0.2) is 0 Å². The van der Waals surface area contributed by atoms with Crippen LogP contribution in [0.2, 0.25) is 0 Å². The zero-order chi connectivity index (χ0) is 39.2. The number of hydrogen-bond acceptors (Lipinski definition) is 8. The molecule has 1 saturated carbocycles. The van der Waals surface area contributed by atoms with Gasteiger partial charge in [-0.15, -0.1) is 0 Å².